The number of pyridine rings is 1. The van der Waals surface area contributed by atoms with Crippen LogP contribution in [0.3, 0.4) is 0 Å². The Morgan fingerprint density at radius 1 is 1.16 bits per heavy atom. The number of alkyl halides is 3. The third-order valence-electron chi connectivity index (χ3n) is 2.46. The van der Waals surface area contributed by atoms with E-state index < -0.39 is 18.6 Å². The summed E-state index contributed by atoms with van der Waals surface area (Å²) in [5, 5.41) is 0. The second-order valence-electron chi connectivity index (χ2n) is 4.13. The fourth-order valence-electron chi connectivity index (χ4n) is 1.50. The van der Waals surface area contributed by atoms with Gasteiger partial charge in [0.15, 0.2) is 0 Å². The summed E-state index contributed by atoms with van der Waals surface area (Å²) in [5.74, 6) is -0.504. The SMILES string of the molecule is O=C(OCCCCCCC(F)(F)F)c1ccccn1. The van der Waals surface area contributed by atoms with Gasteiger partial charge in [-0.05, 0) is 25.0 Å². The summed E-state index contributed by atoms with van der Waals surface area (Å²) in [6.07, 6.45) is -1.54. The van der Waals surface area contributed by atoms with E-state index in [4.69, 9.17) is 4.74 Å². The van der Waals surface area contributed by atoms with E-state index in [1.807, 2.05) is 0 Å². The van der Waals surface area contributed by atoms with Gasteiger partial charge in [0.25, 0.3) is 0 Å². The molecule has 0 N–H and O–H groups in total. The van der Waals surface area contributed by atoms with Crippen molar-refractivity contribution in [2.24, 2.45) is 0 Å². The molecule has 1 aromatic rings. The van der Waals surface area contributed by atoms with Crippen LogP contribution in [0.4, 0.5) is 13.2 Å². The summed E-state index contributed by atoms with van der Waals surface area (Å²) in [6.45, 7) is 0.210. The van der Waals surface area contributed by atoms with Crippen molar-refractivity contribution in [1.29, 1.82) is 0 Å². The molecule has 0 aliphatic carbocycles. The number of unbranched alkanes of at least 4 members (excludes halogenated alkanes) is 3. The Hall–Kier alpha value is -1.59. The third kappa shape index (κ3) is 7.43. The monoisotopic (exact) mass is 275 g/mol. The van der Waals surface area contributed by atoms with Crippen LogP contribution in [-0.2, 0) is 4.74 Å². The Balaban J connectivity index is 2.04. The predicted molar refractivity (Wildman–Crippen MR) is 63.7 cm³/mol. The topological polar surface area (TPSA) is 39.2 Å². The fourth-order valence-corrected chi connectivity index (χ4v) is 1.50. The second-order valence-corrected chi connectivity index (χ2v) is 4.13. The van der Waals surface area contributed by atoms with E-state index in [0.29, 0.717) is 19.3 Å². The van der Waals surface area contributed by atoms with Gasteiger partial charge in [-0.25, -0.2) is 9.78 Å². The number of aromatic nitrogens is 1. The average Bonchev–Trinajstić information content (AvgIpc) is 2.37. The first kappa shape index (κ1) is 15.5. The van der Waals surface area contributed by atoms with Crippen molar-refractivity contribution in [2.75, 3.05) is 6.61 Å². The number of hydrogen-bond acceptors (Lipinski definition) is 3. The van der Waals surface area contributed by atoms with Crippen LogP contribution in [0.15, 0.2) is 24.4 Å². The van der Waals surface area contributed by atoms with Crippen LogP contribution in [0.1, 0.15) is 42.6 Å². The minimum atomic E-state index is -4.08. The predicted octanol–water partition coefficient (Wildman–Crippen LogP) is 3.75. The van der Waals surface area contributed by atoms with Gasteiger partial charge in [0.05, 0.1) is 6.61 Å². The van der Waals surface area contributed by atoms with Crippen molar-refractivity contribution in [3.63, 3.8) is 0 Å². The molecule has 0 saturated carbocycles. The summed E-state index contributed by atoms with van der Waals surface area (Å²) in [5.41, 5.74) is 0.236. The molecule has 0 spiro atoms. The van der Waals surface area contributed by atoms with Gasteiger partial charge in [-0.15, -0.1) is 0 Å². The molecule has 106 valence electrons. The molecular weight excluding hydrogens is 259 g/mol. The Bertz CT molecular complexity index is 379. The molecule has 0 bridgehead atoms. The normalized spacial score (nSPS) is 11.3. The standard InChI is InChI=1S/C13H16F3NO2/c14-13(15,16)8-4-1-2-6-10-19-12(18)11-7-3-5-9-17-11/h3,5,7,9H,1-2,4,6,8,10H2. The molecule has 1 heterocycles. The van der Waals surface area contributed by atoms with Crippen LogP contribution in [-0.4, -0.2) is 23.7 Å². The summed E-state index contributed by atoms with van der Waals surface area (Å²) in [7, 11) is 0. The minimum Gasteiger partial charge on any atom is -0.461 e. The van der Waals surface area contributed by atoms with E-state index in [1.165, 1.54) is 6.20 Å². The number of carbonyl (C=O) groups is 1. The zero-order chi connectivity index (χ0) is 14.1. The number of nitrogens with zero attached hydrogens (tertiary/aromatic N) is 1. The zero-order valence-corrected chi connectivity index (χ0v) is 10.4. The molecule has 3 nitrogen and oxygen atoms in total. The van der Waals surface area contributed by atoms with Gasteiger partial charge in [0.1, 0.15) is 5.69 Å². The van der Waals surface area contributed by atoms with E-state index >= 15 is 0 Å². The molecule has 0 unspecified atom stereocenters. The number of halogens is 3. The van der Waals surface area contributed by atoms with Crippen LogP contribution in [0.25, 0.3) is 0 Å². The molecule has 1 aromatic heterocycles. The van der Waals surface area contributed by atoms with Crippen LogP contribution in [0.2, 0.25) is 0 Å². The van der Waals surface area contributed by atoms with Crippen molar-refractivity contribution >= 4 is 5.97 Å². The lowest BCUT2D eigenvalue weighted by Gasteiger charge is -2.06. The third-order valence-corrected chi connectivity index (χ3v) is 2.46. The molecule has 0 radical (unpaired) electrons. The second kappa shape index (κ2) is 7.76. The molecule has 1 rings (SSSR count). The van der Waals surface area contributed by atoms with Crippen molar-refractivity contribution in [1.82, 2.24) is 4.98 Å². The molecule has 6 heteroatoms. The van der Waals surface area contributed by atoms with Gasteiger partial charge in [-0.3, -0.25) is 0 Å². The van der Waals surface area contributed by atoms with Crippen molar-refractivity contribution < 1.29 is 22.7 Å². The number of rotatable bonds is 7. The molecule has 0 aliphatic rings. The molecule has 0 atom stereocenters. The summed E-state index contributed by atoms with van der Waals surface area (Å²) < 4.78 is 40.5. The maximum absolute atomic E-state index is 11.8. The number of hydrogen-bond donors (Lipinski definition) is 0. The molecule has 0 aliphatic heterocycles. The largest absolute Gasteiger partial charge is 0.461 e. The van der Waals surface area contributed by atoms with Gasteiger partial charge in [0, 0.05) is 12.6 Å². The summed E-state index contributed by atoms with van der Waals surface area (Å²) in [4.78, 5) is 15.3. The molecule has 0 fully saturated rings. The van der Waals surface area contributed by atoms with Gasteiger partial charge in [-0.2, -0.15) is 13.2 Å². The quantitative estimate of drug-likeness (QED) is 0.562. The van der Waals surface area contributed by atoms with Gasteiger partial charge in [0.2, 0.25) is 0 Å². The van der Waals surface area contributed by atoms with Gasteiger partial charge >= 0.3 is 12.1 Å². The Labute approximate surface area is 109 Å². The van der Waals surface area contributed by atoms with E-state index in [2.05, 4.69) is 4.98 Å². The highest BCUT2D eigenvalue weighted by Gasteiger charge is 2.25. The number of carbonyl (C=O) groups excluding carboxylic acids is 1. The van der Waals surface area contributed by atoms with E-state index in [0.717, 1.165) is 0 Å². The summed E-state index contributed by atoms with van der Waals surface area (Å²) >= 11 is 0. The van der Waals surface area contributed by atoms with Crippen LogP contribution in [0.5, 0.6) is 0 Å². The first-order chi connectivity index (χ1) is 8.99. The molecule has 0 amide bonds. The Kier molecular flexibility index (Phi) is 6.32. The molecule has 0 saturated heterocycles. The molecule has 0 aromatic carbocycles. The average molecular weight is 275 g/mol. The first-order valence-electron chi connectivity index (χ1n) is 6.14. The van der Waals surface area contributed by atoms with Crippen molar-refractivity contribution in [3.8, 4) is 0 Å². The van der Waals surface area contributed by atoms with E-state index in [9.17, 15) is 18.0 Å². The number of ether oxygens (including phenoxy) is 1. The smallest absolute Gasteiger partial charge is 0.389 e. The van der Waals surface area contributed by atoms with Gasteiger partial charge < -0.3 is 4.74 Å². The van der Waals surface area contributed by atoms with Crippen molar-refractivity contribution in [2.45, 2.75) is 38.3 Å². The maximum atomic E-state index is 11.8. The highest BCUT2D eigenvalue weighted by Crippen LogP contribution is 2.22. The van der Waals surface area contributed by atoms with Crippen LogP contribution < -0.4 is 0 Å². The van der Waals surface area contributed by atoms with E-state index in [-0.39, 0.29) is 18.7 Å². The molecular formula is C13H16F3NO2. The highest BCUT2D eigenvalue weighted by atomic mass is 19.4. The van der Waals surface area contributed by atoms with Gasteiger partial charge in [-0.1, -0.05) is 18.9 Å². The Morgan fingerprint density at radius 3 is 2.53 bits per heavy atom. The van der Waals surface area contributed by atoms with Crippen LogP contribution in [0, 0.1) is 0 Å². The maximum Gasteiger partial charge on any atom is 0.389 e. The minimum absolute atomic E-state index is 0.123. The summed E-state index contributed by atoms with van der Waals surface area (Å²) in [6, 6.07) is 4.92. The van der Waals surface area contributed by atoms with E-state index in [1.54, 1.807) is 18.2 Å². The molecule has 19 heavy (non-hydrogen) atoms. The lowest BCUT2D eigenvalue weighted by atomic mass is 10.1. The number of esters is 1. The highest BCUT2D eigenvalue weighted by molar-refractivity contribution is 5.87. The van der Waals surface area contributed by atoms with Crippen molar-refractivity contribution in [3.05, 3.63) is 30.1 Å². The lowest BCUT2D eigenvalue weighted by molar-refractivity contribution is -0.135. The fraction of sp³-hybridized carbons (Fsp3) is 0.538. The Morgan fingerprint density at radius 2 is 1.89 bits per heavy atom. The van der Waals surface area contributed by atoms with Crippen LogP contribution >= 0.6 is 0 Å². The lowest BCUT2D eigenvalue weighted by Crippen LogP contribution is -2.08. The first-order valence-corrected chi connectivity index (χ1v) is 6.14. The zero-order valence-electron chi connectivity index (χ0n) is 10.4.